The van der Waals surface area contributed by atoms with Crippen molar-refractivity contribution in [1.82, 2.24) is 9.97 Å². The lowest BCUT2D eigenvalue weighted by atomic mass is 10.2. The monoisotopic (exact) mass is 240 g/mol. The molecule has 1 aliphatic carbocycles. The SMILES string of the molecule is c1ccc(CNc2cc(NC3CC3)ncn2)cc1. The summed E-state index contributed by atoms with van der Waals surface area (Å²) in [4.78, 5) is 8.43. The third kappa shape index (κ3) is 2.97. The summed E-state index contributed by atoms with van der Waals surface area (Å²) in [6.07, 6.45) is 4.09. The Bertz CT molecular complexity index is 508. The summed E-state index contributed by atoms with van der Waals surface area (Å²) in [5, 5.41) is 6.67. The van der Waals surface area contributed by atoms with E-state index in [1.165, 1.54) is 18.4 Å². The molecule has 1 aromatic heterocycles. The molecule has 2 aromatic rings. The van der Waals surface area contributed by atoms with Crippen molar-refractivity contribution in [1.29, 1.82) is 0 Å². The van der Waals surface area contributed by atoms with Crippen LogP contribution in [0.4, 0.5) is 11.6 Å². The van der Waals surface area contributed by atoms with Crippen molar-refractivity contribution in [3.63, 3.8) is 0 Å². The standard InChI is InChI=1S/C14H16N4/c1-2-4-11(5-3-1)9-15-13-8-14(17-10-16-13)18-12-6-7-12/h1-5,8,10,12H,6-7,9H2,(H2,15,16,17,18). The average molecular weight is 240 g/mol. The van der Waals surface area contributed by atoms with E-state index in [1.54, 1.807) is 6.33 Å². The van der Waals surface area contributed by atoms with E-state index < -0.39 is 0 Å². The van der Waals surface area contributed by atoms with Crippen molar-refractivity contribution >= 4 is 11.6 Å². The maximum Gasteiger partial charge on any atom is 0.131 e. The molecule has 2 N–H and O–H groups in total. The molecule has 0 bridgehead atoms. The summed E-state index contributed by atoms with van der Waals surface area (Å²) in [7, 11) is 0. The minimum absolute atomic E-state index is 0.613. The molecular formula is C14H16N4. The largest absolute Gasteiger partial charge is 0.367 e. The predicted molar refractivity (Wildman–Crippen MR) is 72.4 cm³/mol. The first kappa shape index (κ1) is 11.0. The molecular weight excluding hydrogens is 224 g/mol. The average Bonchev–Trinajstić information content (AvgIpc) is 3.22. The van der Waals surface area contributed by atoms with Crippen LogP contribution in [-0.2, 0) is 6.54 Å². The van der Waals surface area contributed by atoms with Gasteiger partial charge in [-0.3, -0.25) is 0 Å². The van der Waals surface area contributed by atoms with Crippen LogP contribution in [-0.4, -0.2) is 16.0 Å². The highest BCUT2D eigenvalue weighted by atomic mass is 15.1. The Balaban J connectivity index is 1.61. The Hall–Kier alpha value is -2.10. The highest BCUT2D eigenvalue weighted by molar-refractivity contribution is 5.47. The van der Waals surface area contributed by atoms with Crippen molar-refractivity contribution in [3.8, 4) is 0 Å². The molecule has 0 atom stereocenters. The fourth-order valence-electron chi connectivity index (χ4n) is 1.76. The highest BCUT2D eigenvalue weighted by Crippen LogP contribution is 2.24. The zero-order chi connectivity index (χ0) is 12.2. The Morgan fingerprint density at radius 3 is 2.61 bits per heavy atom. The van der Waals surface area contributed by atoms with Crippen LogP contribution in [0.2, 0.25) is 0 Å². The molecule has 0 saturated heterocycles. The Kier molecular flexibility index (Phi) is 3.08. The molecule has 1 fully saturated rings. The van der Waals surface area contributed by atoms with Crippen molar-refractivity contribution in [2.24, 2.45) is 0 Å². The van der Waals surface area contributed by atoms with Crippen LogP contribution in [0.1, 0.15) is 18.4 Å². The smallest absolute Gasteiger partial charge is 0.131 e. The molecule has 0 radical (unpaired) electrons. The van der Waals surface area contributed by atoms with E-state index in [0.29, 0.717) is 6.04 Å². The van der Waals surface area contributed by atoms with Gasteiger partial charge in [0.15, 0.2) is 0 Å². The normalized spacial score (nSPS) is 14.2. The van der Waals surface area contributed by atoms with Gasteiger partial charge in [-0.1, -0.05) is 30.3 Å². The van der Waals surface area contributed by atoms with Gasteiger partial charge in [0, 0.05) is 18.7 Å². The van der Waals surface area contributed by atoms with E-state index in [-0.39, 0.29) is 0 Å². The topological polar surface area (TPSA) is 49.8 Å². The third-order valence-electron chi connectivity index (χ3n) is 2.91. The molecule has 4 nitrogen and oxygen atoms in total. The van der Waals surface area contributed by atoms with Gasteiger partial charge in [0.25, 0.3) is 0 Å². The number of rotatable bonds is 5. The Morgan fingerprint density at radius 1 is 1.06 bits per heavy atom. The van der Waals surface area contributed by atoms with E-state index in [2.05, 4.69) is 32.7 Å². The molecule has 1 heterocycles. The van der Waals surface area contributed by atoms with E-state index in [9.17, 15) is 0 Å². The van der Waals surface area contributed by atoms with Gasteiger partial charge in [-0.05, 0) is 18.4 Å². The maximum atomic E-state index is 4.22. The first-order valence-electron chi connectivity index (χ1n) is 6.26. The first-order chi connectivity index (χ1) is 8.90. The van der Waals surface area contributed by atoms with Crippen LogP contribution in [0.5, 0.6) is 0 Å². The van der Waals surface area contributed by atoms with Gasteiger partial charge < -0.3 is 10.6 Å². The lowest BCUT2D eigenvalue weighted by molar-refractivity contribution is 1.05. The van der Waals surface area contributed by atoms with Crippen molar-refractivity contribution in [3.05, 3.63) is 48.3 Å². The van der Waals surface area contributed by atoms with Crippen molar-refractivity contribution in [2.75, 3.05) is 10.6 Å². The van der Waals surface area contributed by atoms with Crippen LogP contribution in [0.25, 0.3) is 0 Å². The van der Waals surface area contributed by atoms with Gasteiger partial charge in [-0.15, -0.1) is 0 Å². The number of anilines is 2. The summed E-state index contributed by atoms with van der Waals surface area (Å²) in [6, 6.07) is 12.9. The molecule has 0 aliphatic heterocycles. The second-order valence-corrected chi connectivity index (χ2v) is 4.55. The fourth-order valence-corrected chi connectivity index (χ4v) is 1.76. The first-order valence-corrected chi connectivity index (χ1v) is 6.26. The van der Waals surface area contributed by atoms with Crippen LogP contribution in [0.3, 0.4) is 0 Å². The van der Waals surface area contributed by atoms with Gasteiger partial charge >= 0.3 is 0 Å². The molecule has 0 spiro atoms. The number of benzene rings is 1. The molecule has 1 aromatic carbocycles. The molecule has 4 heteroatoms. The number of aromatic nitrogens is 2. The van der Waals surface area contributed by atoms with Crippen LogP contribution < -0.4 is 10.6 Å². The molecule has 0 unspecified atom stereocenters. The second-order valence-electron chi connectivity index (χ2n) is 4.55. The highest BCUT2D eigenvalue weighted by Gasteiger charge is 2.21. The van der Waals surface area contributed by atoms with Gasteiger partial charge in [-0.25, -0.2) is 9.97 Å². The van der Waals surface area contributed by atoms with E-state index >= 15 is 0 Å². The van der Waals surface area contributed by atoms with Gasteiger partial charge in [-0.2, -0.15) is 0 Å². The van der Waals surface area contributed by atoms with Gasteiger partial charge in [0.2, 0.25) is 0 Å². The van der Waals surface area contributed by atoms with E-state index in [1.807, 2.05) is 24.3 Å². The Labute approximate surface area is 106 Å². The third-order valence-corrected chi connectivity index (χ3v) is 2.91. The number of hydrogen-bond acceptors (Lipinski definition) is 4. The summed E-state index contributed by atoms with van der Waals surface area (Å²) in [6.45, 7) is 0.778. The minimum atomic E-state index is 0.613. The van der Waals surface area contributed by atoms with Crippen LogP contribution in [0, 0.1) is 0 Å². The summed E-state index contributed by atoms with van der Waals surface area (Å²) < 4.78 is 0. The quantitative estimate of drug-likeness (QED) is 0.843. The molecule has 0 amide bonds. The van der Waals surface area contributed by atoms with Gasteiger partial charge in [0.05, 0.1) is 0 Å². The molecule has 3 rings (SSSR count). The predicted octanol–water partition coefficient (Wildman–Crippen LogP) is 2.66. The lowest BCUT2D eigenvalue weighted by Gasteiger charge is -2.07. The van der Waals surface area contributed by atoms with Gasteiger partial charge in [0.1, 0.15) is 18.0 Å². The molecule has 1 aliphatic rings. The fraction of sp³-hybridized carbons (Fsp3) is 0.286. The lowest BCUT2D eigenvalue weighted by Crippen LogP contribution is -2.06. The summed E-state index contributed by atoms with van der Waals surface area (Å²) >= 11 is 0. The summed E-state index contributed by atoms with van der Waals surface area (Å²) in [5.41, 5.74) is 1.24. The second kappa shape index (κ2) is 5.04. The molecule has 1 saturated carbocycles. The zero-order valence-electron chi connectivity index (χ0n) is 10.1. The summed E-state index contributed by atoms with van der Waals surface area (Å²) in [5.74, 6) is 1.76. The molecule has 92 valence electrons. The minimum Gasteiger partial charge on any atom is -0.367 e. The van der Waals surface area contributed by atoms with E-state index in [0.717, 1.165) is 18.2 Å². The van der Waals surface area contributed by atoms with Crippen molar-refractivity contribution in [2.45, 2.75) is 25.4 Å². The zero-order valence-corrected chi connectivity index (χ0v) is 10.1. The van der Waals surface area contributed by atoms with Crippen LogP contribution >= 0.6 is 0 Å². The number of nitrogens with one attached hydrogen (secondary N) is 2. The number of hydrogen-bond donors (Lipinski definition) is 2. The number of nitrogens with zero attached hydrogens (tertiary/aromatic N) is 2. The molecule has 18 heavy (non-hydrogen) atoms. The van der Waals surface area contributed by atoms with E-state index in [4.69, 9.17) is 0 Å². The Morgan fingerprint density at radius 2 is 1.83 bits per heavy atom. The maximum absolute atomic E-state index is 4.22. The van der Waals surface area contributed by atoms with Crippen molar-refractivity contribution < 1.29 is 0 Å². The van der Waals surface area contributed by atoms with Crippen LogP contribution in [0.15, 0.2) is 42.7 Å².